The maximum absolute atomic E-state index is 14.0. The molecule has 0 saturated carbocycles. The van der Waals surface area contributed by atoms with Gasteiger partial charge in [0.05, 0.1) is 19.1 Å². The Morgan fingerprint density at radius 2 is 1.67 bits per heavy atom. The number of nitrogens with one attached hydrogen (secondary N) is 1. The maximum Gasteiger partial charge on any atom is 0.243 e. The predicted molar refractivity (Wildman–Crippen MR) is 173 cm³/mol. The number of halogens is 2. The van der Waals surface area contributed by atoms with Gasteiger partial charge in [0.2, 0.25) is 21.8 Å². The molecular weight excluding hydrogens is 609 g/mol. The molecule has 1 atom stereocenters. The number of amides is 2. The number of carbonyl (C=O) groups excluding carboxylic acids is 2. The quantitative estimate of drug-likeness (QED) is 0.242. The molecule has 3 aromatic carbocycles. The minimum absolute atomic E-state index is 0.00468. The molecule has 232 valence electrons. The van der Waals surface area contributed by atoms with Crippen LogP contribution in [-0.2, 0) is 32.6 Å². The first kappa shape index (κ1) is 34.2. The zero-order valence-electron chi connectivity index (χ0n) is 25.1. The molecule has 0 heterocycles. The number of methoxy groups -OCH3 is 1. The molecule has 0 radical (unpaired) electrons. The Morgan fingerprint density at radius 1 is 0.977 bits per heavy atom. The predicted octanol–water partition coefficient (Wildman–Crippen LogP) is 6.10. The first-order valence-corrected chi connectivity index (χ1v) is 16.5. The van der Waals surface area contributed by atoms with Crippen molar-refractivity contribution in [3.05, 3.63) is 94.0 Å². The maximum atomic E-state index is 14.0. The van der Waals surface area contributed by atoms with E-state index in [1.165, 1.54) is 16.3 Å². The van der Waals surface area contributed by atoms with Gasteiger partial charge in [-0.25, -0.2) is 8.42 Å². The average Bonchev–Trinajstić information content (AvgIpc) is 2.92. The van der Waals surface area contributed by atoms with Gasteiger partial charge in [0.15, 0.2) is 0 Å². The van der Waals surface area contributed by atoms with E-state index < -0.39 is 21.6 Å². The molecule has 0 aliphatic heterocycles. The van der Waals surface area contributed by atoms with Crippen molar-refractivity contribution in [2.45, 2.75) is 58.2 Å². The van der Waals surface area contributed by atoms with E-state index in [2.05, 4.69) is 5.32 Å². The second-order valence-corrected chi connectivity index (χ2v) is 14.1. The van der Waals surface area contributed by atoms with Gasteiger partial charge in [-0.1, -0.05) is 65.7 Å². The number of anilines is 1. The van der Waals surface area contributed by atoms with Gasteiger partial charge >= 0.3 is 0 Å². The van der Waals surface area contributed by atoms with Gasteiger partial charge in [-0.15, -0.1) is 0 Å². The Hall–Kier alpha value is -3.27. The van der Waals surface area contributed by atoms with Crippen molar-refractivity contribution < 1.29 is 22.7 Å². The van der Waals surface area contributed by atoms with E-state index in [-0.39, 0.29) is 44.2 Å². The van der Waals surface area contributed by atoms with Crippen LogP contribution in [0.1, 0.15) is 44.7 Å². The summed E-state index contributed by atoms with van der Waals surface area (Å²) in [6.45, 7) is 5.77. The van der Waals surface area contributed by atoms with Gasteiger partial charge in [-0.3, -0.25) is 13.9 Å². The Labute approximate surface area is 265 Å². The molecule has 0 saturated heterocycles. The molecule has 8 nitrogen and oxygen atoms in total. The van der Waals surface area contributed by atoms with E-state index in [1.54, 1.807) is 42.5 Å². The minimum Gasteiger partial charge on any atom is -0.497 e. The number of ether oxygens (including phenoxy) is 1. The highest BCUT2D eigenvalue weighted by Gasteiger charge is 2.32. The third kappa shape index (κ3) is 10.4. The first-order valence-electron chi connectivity index (χ1n) is 13.9. The van der Waals surface area contributed by atoms with E-state index >= 15 is 0 Å². The fourth-order valence-electron chi connectivity index (χ4n) is 4.61. The Bertz CT molecular complexity index is 1510. The number of carbonyl (C=O) groups is 2. The number of nitrogens with zero attached hydrogens (tertiary/aromatic N) is 2. The fraction of sp³-hybridized carbons (Fsp3) is 0.375. The van der Waals surface area contributed by atoms with E-state index in [9.17, 15) is 18.0 Å². The minimum atomic E-state index is -3.65. The number of hydrogen-bond acceptors (Lipinski definition) is 5. The van der Waals surface area contributed by atoms with E-state index in [4.69, 9.17) is 27.9 Å². The van der Waals surface area contributed by atoms with Crippen LogP contribution in [0.5, 0.6) is 5.75 Å². The normalized spacial score (nSPS) is 12.3. The fourth-order valence-corrected chi connectivity index (χ4v) is 6.04. The second-order valence-electron chi connectivity index (χ2n) is 11.3. The molecule has 0 bridgehead atoms. The van der Waals surface area contributed by atoms with Gasteiger partial charge in [0.1, 0.15) is 11.8 Å². The zero-order valence-corrected chi connectivity index (χ0v) is 27.5. The monoisotopic (exact) mass is 647 g/mol. The van der Waals surface area contributed by atoms with Crippen LogP contribution in [0.3, 0.4) is 0 Å². The smallest absolute Gasteiger partial charge is 0.243 e. The highest BCUT2D eigenvalue weighted by atomic mass is 35.5. The lowest BCUT2D eigenvalue weighted by Crippen LogP contribution is -2.54. The number of hydrogen-bond donors (Lipinski definition) is 1. The van der Waals surface area contributed by atoms with Crippen molar-refractivity contribution in [3.8, 4) is 5.75 Å². The highest BCUT2D eigenvalue weighted by molar-refractivity contribution is 7.92. The van der Waals surface area contributed by atoms with Crippen LogP contribution in [0.2, 0.25) is 10.0 Å². The summed E-state index contributed by atoms with van der Waals surface area (Å²) in [6.07, 6.45) is 1.61. The highest BCUT2D eigenvalue weighted by Crippen LogP contribution is 2.26. The third-order valence-electron chi connectivity index (χ3n) is 6.62. The summed E-state index contributed by atoms with van der Waals surface area (Å²) in [7, 11) is -2.15. The summed E-state index contributed by atoms with van der Waals surface area (Å²) >= 11 is 12.6. The van der Waals surface area contributed by atoms with Crippen molar-refractivity contribution in [1.82, 2.24) is 10.2 Å². The van der Waals surface area contributed by atoms with E-state index in [0.717, 1.165) is 11.8 Å². The summed E-state index contributed by atoms with van der Waals surface area (Å²) in [5, 5.41) is 3.86. The summed E-state index contributed by atoms with van der Waals surface area (Å²) in [5.41, 5.74) is 1.42. The van der Waals surface area contributed by atoms with Gasteiger partial charge in [-0.2, -0.15) is 0 Å². The molecule has 0 aliphatic carbocycles. The van der Waals surface area contributed by atoms with E-state index in [0.29, 0.717) is 27.0 Å². The van der Waals surface area contributed by atoms with Crippen LogP contribution in [0.4, 0.5) is 5.69 Å². The molecule has 3 rings (SSSR count). The Kier molecular flexibility index (Phi) is 11.9. The van der Waals surface area contributed by atoms with Crippen LogP contribution in [-0.4, -0.2) is 56.6 Å². The molecule has 3 aromatic rings. The standard InChI is InChI=1S/C32H39Cl2N3O5S/c1-32(2,3)35-31(39)29(19-23-11-7-6-8-12-23)36(22-24-16-17-25(33)20-28(24)34)30(38)15-10-18-37(43(5,40)41)26-13-9-14-27(21-26)42-4/h6-9,11-14,16-17,20-21,29H,10,15,18-19,22H2,1-5H3,(H,35,39)/t29-/m1/s1. The summed E-state index contributed by atoms with van der Waals surface area (Å²) in [5.74, 6) is -0.0964. The lowest BCUT2D eigenvalue weighted by molar-refractivity contribution is -0.142. The van der Waals surface area contributed by atoms with Gasteiger partial charge in [-0.05, 0) is 62.6 Å². The number of sulfonamides is 1. The average molecular weight is 649 g/mol. The zero-order chi connectivity index (χ0) is 31.8. The van der Waals surface area contributed by atoms with Crippen LogP contribution < -0.4 is 14.4 Å². The van der Waals surface area contributed by atoms with Crippen molar-refractivity contribution in [2.75, 3.05) is 24.2 Å². The van der Waals surface area contributed by atoms with Crippen LogP contribution in [0, 0.1) is 0 Å². The summed E-state index contributed by atoms with van der Waals surface area (Å²) in [6, 6.07) is 20.4. The Balaban J connectivity index is 1.93. The largest absolute Gasteiger partial charge is 0.497 e. The molecule has 11 heteroatoms. The summed E-state index contributed by atoms with van der Waals surface area (Å²) in [4.78, 5) is 29.3. The Morgan fingerprint density at radius 3 is 2.28 bits per heavy atom. The van der Waals surface area contributed by atoms with Crippen molar-refractivity contribution in [3.63, 3.8) is 0 Å². The molecule has 0 unspecified atom stereocenters. The van der Waals surface area contributed by atoms with Crippen LogP contribution >= 0.6 is 23.2 Å². The molecule has 43 heavy (non-hydrogen) atoms. The number of benzene rings is 3. The molecule has 1 N–H and O–H groups in total. The van der Waals surface area contributed by atoms with Crippen molar-refractivity contribution >= 4 is 50.7 Å². The van der Waals surface area contributed by atoms with Gasteiger partial charge in [0, 0.05) is 47.6 Å². The molecule has 2 amide bonds. The van der Waals surface area contributed by atoms with Crippen molar-refractivity contribution in [1.29, 1.82) is 0 Å². The van der Waals surface area contributed by atoms with Gasteiger partial charge < -0.3 is 15.0 Å². The second kappa shape index (κ2) is 14.9. The first-order chi connectivity index (χ1) is 20.2. The van der Waals surface area contributed by atoms with E-state index in [1.807, 2.05) is 51.1 Å². The SMILES string of the molecule is COc1cccc(N(CCCC(=O)N(Cc2ccc(Cl)cc2Cl)[C@H](Cc2ccccc2)C(=O)NC(C)(C)C)S(C)(=O)=O)c1. The lowest BCUT2D eigenvalue weighted by Gasteiger charge is -2.34. The summed E-state index contributed by atoms with van der Waals surface area (Å²) < 4.78 is 31.9. The molecule has 0 fully saturated rings. The third-order valence-corrected chi connectivity index (χ3v) is 8.40. The molecule has 0 aromatic heterocycles. The number of rotatable bonds is 13. The molecular formula is C32H39Cl2N3O5S. The molecule has 0 aliphatic rings. The lowest BCUT2D eigenvalue weighted by atomic mass is 10.00. The van der Waals surface area contributed by atoms with Crippen LogP contribution in [0.25, 0.3) is 0 Å². The van der Waals surface area contributed by atoms with Gasteiger partial charge in [0.25, 0.3) is 0 Å². The van der Waals surface area contributed by atoms with Crippen LogP contribution in [0.15, 0.2) is 72.8 Å². The van der Waals surface area contributed by atoms with Crippen molar-refractivity contribution in [2.24, 2.45) is 0 Å². The molecule has 0 spiro atoms. The topological polar surface area (TPSA) is 96.0 Å².